The number of rotatable bonds is 9. The average Bonchev–Trinajstić information content (AvgIpc) is 3.56. The molecular weight excluding hydrogens is 502 g/mol. The summed E-state index contributed by atoms with van der Waals surface area (Å²) in [5.41, 5.74) is 10.6. The van der Waals surface area contributed by atoms with E-state index in [4.69, 9.17) is 0 Å². The van der Waals surface area contributed by atoms with Gasteiger partial charge in [-0.25, -0.2) is 4.68 Å². The van der Waals surface area contributed by atoms with Crippen molar-refractivity contribution in [2.24, 2.45) is 0 Å². The maximum absolute atomic E-state index is 4.52. The first kappa shape index (κ1) is 27.7. The summed E-state index contributed by atoms with van der Waals surface area (Å²) in [6, 6.07) is 25.1. The molecule has 1 aliphatic carbocycles. The van der Waals surface area contributed by atoms with Crippen LogP contribution in [0.1, 0.15) is 60.3 Å². The maximum atomic E-state index is 4.52. The first-order valence-electron chi connectivity index (χ1n) is 15.6. The van der Waals surface area contributed by atoms with Gasteiger partial charge < -0.3 is 10.2 Å². The lowest BCUT2D eigenvalue weighted by Crippen LogP contribution is -2.48. The second-order valence-electron chi connectivity index (χ2n) is 12.1. The van der Waals surface area contributed by atoms with Crippen molar-refractivity contribution in [3.63, 3.8) is 0 Å². The molecule has 1 aliphatic heterocycles. The van der Waals surface area contributed by atoms with Crippen LogP contribution in [0.15, 0.2) is 79.1 Å². The minimum atomic E-state index is 0.739. The summed E-state index contributed by atoms with van der Waals surface area (Å²) < 4.78 is 1.97. The fraction of sp³-hybridized carbons (Fsp3) is 0.417. The van der Waals surface area contributed by atoms with Crippen molar-refractivity contribution >= 4 is 5.69 Å². The molecule has 6 rings (SSSR count). The van der Waals surface area contributed by atoms with E-state index >= 15 is 0 Å². The Morgan fingerprint density at radius 3 is 2.37 bits per heavy atom. The summed E-state index contributed by atoms with van der Waals surface area (Å²) in [5.74, 6) is 0.739. The second kappa shape index (κ2) is 13.1. The molecule has 5 nitrogen and oxygen atoms in total. The third-order valence-electron chi connectivity index (χ3n) is 9.07. The van der Waals surface area contributed by atoms with E-state index in [1.165, 1.54) is 71.2 Å². The lowest BCUT2D eigenvalue weighted by atomic mass is 9.83. The molecular formula is C36H45N5. The topological polar surface area (TPSA) is 36.3 Å². The van der Waals surface area contributed by atoms with Crippen LogP contribution >= 0.6 is 0 Å². The van der Waals surface area contributed by atoms with E-state index in [0.717, 1.165) is 57.4 Å². The highest BCUT2D eigenvalue weighted by molar-refractivity contribution is 5.67. The van der Waals surface area contributed by atoms with Crippen LogP contribution in [0.3, 0.4) is 0 Å². The van der Waals surface area contributed by atoms with Gasteiger partial charge in [0, 0.05) is 63.9 Å². The predicted molar refractivity (Wildman–Crippen MR) is 171 cm³/mol. The standard InChI is InChI=1S/C36H45N5/c1-28-9-14-36(29(2)23-28)40-21-19-39(20-22-40)18-16-37-27-30-24-34(26-35(25-30)41-17-6-15-38-41)33-12-10-32(11-13-33)31-7-4-3-5-8-31/h6,9-15,17,23-26,31,37H,3-5,7-8,16,18-22,27H2,1-2H3. The van der Waals surface area contributed by atoms with E-state index in [9.17, 15) is 0 Å². The molecule has 2 aliphatic rings. The monoisotopic (exact) mass is 547 g/mol. The average molecular weight is 548 g/mol. The van der Waals surface area contributed by atoms with Crippen molar-refractivity contribution in [3.8, 4) is 16.8 Å². The van der Waals surface area contributed by atoms with E-state index in [1.807, 2.05) is 23.1 Å². The van der Waals surface area contributed by atoms with Gasteiger partial charge in [-0.2, -0.15) is 5.10 Å². The Kier molecular flexibility index (Phi) is 8.83. The molecule has 0 bridgehead atoms. The van der Waals surface area contributed by atoms with Crippen LogP contribution in [0, 0.1) is 13.8 Å². The molecule has 5 heteroatoms. The molecule has 0 spiro atoms. The predicted octanol–water partition coefficient (Wildman–Crippen LogP) is 7.12. The zero-order valence-corrected chi connectivity index (χ0v) is 24.9. The lowest BCUT2D eigenvalue weighted by molar-refractivity contribution is 0.257. The molecule has 1 N–H and O–H groups in total. The van der Waals surface area contributed by atoms with Gasteiger partial charge in [0.25, 0.3) is 0 Å². The highest BCUT2D eigenvalue weighted by atomic mass is 15.3. The SMILES string of the molecule is Cc1ccc(N2CCN(CCNCc3cc(-c4ccc(C5CCCCC5)cc4)cc(-n4cccn4)c3)CC2)c(C)c1. The van der Waals surface area contributed by atoms with Gasteiger partial charge in [-0.3, -0.25) is 4.90 Å². The minimum Gasteiger partial charge on any atom is -0.369 e. The molecule has 0 unspecified atom stereocenters. The maximum Gasteiger partial charge on any atom is 0.0654 e. The third kappa shape index (κ3) is 6.91. The summed E-state index contributed by atoms with van der Waals surface area (Å²) in [4.78, 5) is 5.13. The number of nitrogens with one attached hydrogen (secondary N) is 1. The largest absolute Gasteiger partial charge is 0.369 e. The summed E-state index contributed by atoms with van der Waals surface area (Å²) >= 11 is 0. The van der Waals surface area contributed by atoms with Gasteiger partial charge in [0.05, 0.1) is 5.69 Å². The van der Waals surface area contributed by atoms with Crippen molar-refractivity contribution < 1.29 is 0 Å². The molecule has 1 saturated heterocycles. The Hall–Kier alpha value is -3.41. The first-order chi connectivity index (χ1) is 20.1. The van der Waals surface area contributed by atoms with Crippen LogP contribution in [-0.4, -0.2) is 53.9 Å². The number of piperazine rings is 1. The van der Waals surface area contributed by atoms with Gasteiger partial charge in [-0.15, -0.1) is 0 Å². The minimum absolute atomic E-state index is 0.739. The van der Waals surface area contributed by atoms with Gasteiger partial charge in [0.1, 0.15) is 0 Å². The molecule has 2 fully saturated rings. The third-order valence-corrected chi connectivity index (χ3v) is 9.07. The van der Waals surface area contributed by atoms with Crippen molar-refractivity contribution in [3.05, 3.63) is 101 Å². The summed E-state index contributed by atoms with van der Waals surface area (Å²) in [6.07, 6.45) is 10.7. The summed E-state index contributed by atoms with van der Waals surface area (Å²) in [5, 5.41) is 8.24. The van der Waals surface area contributed by atoms with Crippen molar-refractivity contribution in [2.75, 3.05) is 44.2 Å². The smallest absolute Gasteiger partial charge is 0.0654 e. The number of nitrogens with zero attached hydrogens (tertiary/aromatic N) is 4. The molecule has 0 radical (unpaired) electrons. The fourth-order valence-electron chi connectivity index (χ4n) is 6.72. The zero-order valence-electron chi connectivity index (χ0n) is 24.9. The highest BCUT2D eigenvalue weighted by Crippen LogP contribution is 2.34. The molecule has 1 aromatic heterocycles. The molecule has 0 amide bonds. The Balaban J connectivity index is 1.06. The van der Waals surface area contributed by atoms with Crippen molar-refractivity contribution in [1.82, 2.24) is 20.0 Å². The number of anilines is 1. The van der Waals surface area contributed by atoms with Crippen LogP contribution < -0.4 is 10.2 Å². The van der Waals surface area contributed by atoms with Gasteiger partial charge in [0.15, 0.2) is 0 Å². The van der Waals surface area contributed by atoms with E-state index in [2.05, 4.69) is 94.7 Å². The summed E-state index contributed by atoms with van der Waals surface area (Å²) in [6.45, 7) is 11.7. The van der Waals surface area contributed by atoms with Gasteiger partial charge in [0.2, 0.25) is 0 Å². The van der Waals surface area contributed by atoms with E-state index in [0.29, 0.717) is 0 Å². The van der Waals surface area contributed by atoms with E-state index < -0.39 is 0 Å². The Morgan fingerprint density at radius 2 is 1.63 bits per heavy atom. The molecule has 4 aromatic rings. The van der Waals surface area contributed by atoms with Gasteiger partial charge in [-0.05, 0) is 90.8 Å². The quantitative estimate of drug-likeness (QED) is 0.227. The van der Waals surface area contributed by atoms with E-state index in [1.54, 1.807) is 0 Å². The lowest BCUT2D eigenvalue weighted by Gasteiger charge is -2.37. The fourth-order valence-corrected chi connectivity index (χ4v) is 6.72. The van der Waals surface area contributed by atoms with Gasteiger partial charge >= 0.3 is 0 Å². The number of aryl methyl sites for hydroxylation is 2. The van der Waals surface area contributed by atoms with Gasteiger partial charge in [-0.1, -0.05) is 61.2 Å². The van der Waals surface area contributed by atoms with Crippen LogP contribution in [0.4, 0.5) is 5.69 Å². The number of aromatic nitrogens is 2. The number of benzene rings is 3. The number of hydrogen-bond acceptors (Lipinski definition) is 4. The Bertz CT molecular complexity index is 1390. The Morgan fingerprint density at radius 1 is 0.829 bits per heavy atom. The van der Waals surface area contributed by atoms with Crippen molar-refractivity contribution in [2.45, 2.75) is 58.4 Å². The molecule has 41 heavy (non-hydrogen) atoms. The second-order valence-corrected chi connectivity index (χ2v) is 12.1. The van der Waals surface area contributed by atoms with Crippen molar-refractivity contribution in [1.29, 1.82) is 0 Å². The molecule has 3 aromatic carbocycles. The molecule has 1 saturated carbocycles. The Labute approximate surface area is 246 Å². The van der Waals surface area contributed by atoms with E-state index in [-0.39, 0.29) is 0 Å². The molecule has 214 valence electrons. The molecule has 0 atom stereocenters. The number of hydrogen-bond donors (Lipinski definition) is 1. The van der Waals surface area contributed by atoms with Crippen LogP contribution in [0.2, 0.25) is 0 Å². The first-order valence-corrected chi connectivity index (χ1v) is 15.6. The zero-order chi connectivity index (χ0) is 28.0. The van der Waals surface area contributed by atoms with Crippen LogP contribution in [-0.2, 0) is 6.54 Å². The molecule has 2 heterocycles. The highest BCUT2D eigenvalue weighted by Gasteiger charge is 2.18. The summed E-state index contributed by atoms with van der Waals surface area (Å²) in [7, 11) is 0. The van der Waals surface area contributed by atoms with Crippen LogP contribution in [0.25, 0.3) is 16.8 Å². The van der Waals surface area contributed by atoms with Crippen LogP contribution in [0.5, 0.6) is 0 Å². The normalized spacial score (nSPS) is 16.8.